The minimum absolute atomic E-state index is 0.0894. The molecule has 1 aliphatic carbocycles. The van der Waals surface area contributed by atoms with E-state index in [1.807, 2.05) is 41.9 Å². The van der Waals surface area contributed by atoms with Gasteiger partial charge in [0, 0.05) is 5.56 Å². The van der Waals surface area contributed by atoms with Crippen LogP contribution in [0.2, 0.25) is 0 Å². The molecular weight excluding hydrogens is 400 g/mol. The molecule has 1 saturated carbocycles. The van der Waals surface area contributed by atoms with E-state index in [4.69, 9.17) is 9.97 Å². The number of hydrogen-bond acceptors (Lipinski definition) is 6. The van der Waals surface area contributed by atoms with Gasteiger partial charge in [-0.2, -0.15) is 0 Å². The molecule has 0 amide bonds. The van der Waals surface area contributed by atoms with Gasteiger partial charge < -0.3 is 10.4 Å². The molecule has 0 bridgehead atoms. The van der Waals surface area contributed by atoms with Crippen molar-refractivity contribution in [3.05, 3.63) is 30.3 Å². The maximum atomic E-state index is 10.5. The number of aromatic nitrogens is 5. The van der Waals surface area contributed by atoms with E-state index in [9.17, 15) is 5.11 Å². The summed E-state index contributed by atoms with van der Waals surface area (Å²) in [4.78, 5) is 9.75. The van der Waals surface area contributed by atoms with Gasteiger partial charge in [-0.3, -0.25) is 0 Å². The highest BCUT2D eigenvalue weighted by Gasteiger charge is 2.24. The van der Waals surface area contributed by atoms with E-state index >= 15 is 0 Å². The predicted octanol–water partition coefficient (Wildman–Crippen LogP) is 5.53. The summed E-state index contributed by atoms with van der Waals surface area (Å²) in [7, 11) is 0. The Morgan fingerprint density at radius 2 is 1.84 bits per heavy atom. The first-order chi connectivity index (χ1) is 15.7. The molecule has 0 radical (unpaired) electrons. The van der Waals surface area contributed by atoms with Gasteiger partial charge in [-0.15, -0.1) is 5.10 Å². The van der Waals surface area contributed by atoms with Crippen molar-refractivity contribution in [3.63, 3.8) is 0 Å². The Balaban J connectivity index is 1.70. The van der Waals surface area contributed by atoms with Crippen molar-refractivity contribution in [2.45, 2.75) is 96.2 Å². The average Bonchev–Trinajstić information content (AvgIpc) is 3.26. The summed E-state index contributed by atoms with van der Waals surface area (Å²) >= 11 is 0. The average molecular weight is 437 g/mol. The fourth-order valence-electron chi connectivity index (χ4n) is 4.62. The molecule has 3 aromatic rings. The summed E-state index contributed by atoms with van der Waals surface area (Å²) in [5.74, 6) is 1.33. The van der Waals surface area contributed by atoms with Crippen LogP contribution in [0, 0.1) is 0 Å². The number of rotatable bonds is 10. The summed E-state index contributed by atoms with van der Waals surface area (Å²) in [5, 5.41) is 23.0. The highest BCUT2D eigenvalue weighted by atomic mass is 16.3. The summed E-state index contributed by atoms with van der Waals surface area (Å²) in [6.45, 7) is 4.05. The Labute approximate surface area is 190 Å². The Hall–Kier alpha value is -2.54. The third-order valence-electron chi connectivity index (χ3n) is 6.55. The monoisotopic (exact) mass is 436 g/mol. The lowest BCUT2D eigenvalue weighted by atomic mass is 9.96. The minimum atomic E-state index is -0.491. The molecule has 0 spiro atoms. The van der Waals surface area contributed by atoms with Crippen molar-refractivity contribution in [2.75, 3.05) is 5.32 Å². The first-order valence-electron chi connectivity index (χ1n) is 12.3. The topological polar surface area (TPSA) is 88.8 Å². The molecule has 1 fully saturated rings. The highest BCUT2D eigenvalue weighted by Crippen LogP contribution is 2.32. The molecule has 2 heterocycles. The summed E-state index contributed by atoms with van der Waals surface area (Å²) in [6.07, 6.45) is 11.0. The first kappa shape index (κ1) is 22.6. The van der Waals surface area contributed by atoms with Crippen molar-refractivity contribution in [3.8, 4) is 11.4 Å². The van der Waals surface area contributed by atoms with E-state index in [0.717, 1.165) is 36.9 Å². The van der Waals surface area contributed by atoms with E-state index in [0.29, 0.717) is 23.2 Å². The van der Waals surface area contributed by atoms with E-state index in [-0.39, 0.29) is 6.04 Å². The molecule has 2 N–H and O–H groups in total. The van der Waals surface area contributed by atoms with Crippen LogP contribution in [0.1, 0.15) is 84.1 Å². The van der Waals surface area contributed by atoms with Gasteiger partial charge in [-0.1, -0.05) is 87.4 Å². The third kappa shape index (κ3) is 5.26. The number of benzene rings is 1. The zero-order valence-electron chi connectivity index (χ0n) is 19.4. The normalized spacial score (nSPS) is 16.8. The second-order valence-electron chi connectivity index (χ2n) is 9.10. The fourth-order valence-corrected chi connectivity index (χ4v) is 4.62. The molecule has 2 aromatic heterocycles. The number of anilines is 1. The SMILES string of the molecule is CCCCCC[C@H](Nc1nc(-c2ccccc2)nc2c1nnn2C1CCCCC1)[C@@H](C)O. The number of nitrogens with zero attached hydrogens (tertiary/aromatic N) is 5. The van der Waals surface area contributed by atoms with Crippen molar-refractivity contribution >= 4 is 17.0 Å². The lowest BCUT2D eigenvalue weighted by Crippen LogP contribution is -2.32. The van der Waals surface area contributed by atoms with Crippen molar-refractivity contribution in [1.82, 2.24) is 25.0 Å². The Morgan fingerprint density at radius 3 is 2.56 bits per heavy atom. The highest BCUT2D eigenvalue weighted by molar-refractivity contribution is 5.84. The van der Waals surface area contributed by atoms with Crippen LogP contribution in [0.3, 0.4) is 0 Å². The molecule has 0 saturated heterocycles. The minimum Gasteiger partial charge on any atom is -0.391 e. The quantitative estimate of drug-likeness (QED) is 0.407. The predicted molar refractivity (Wildman–Crippen MR) is 129 cm³/mol. The van der Waals surface area contributed by atoms with Gasteiger partial charge >= 0.3 is 0 Å². The second-order valence-corrected chi connectivity index (χ2v) is 9.10. The first-order valence-corrected chi connectivity index (χ1v) is 12.3. The maximum Gasteiger partial charge on any atom is 0.184 e. The van der Waals surface area contributed by atoms with Crippen LogP contribution >= 0.6 is 0 Å². The molecule has 7 nitrogen and oxygen atoms in total. The molecule has 1 aliphatic rings. The number of aliphatic hydroxyl groups is 1. The molecule has 0 aliphatic heterocycles. The van der Waals surface area contributed by atoms with Crippen LogP contribution in [0.5, 0.6) is 0 Å². The second kappa shape index (κ2) is 10.9. The Bertz CT molecular complexity index is 981. The summed E-state index contributed by atoms with van der Waals surface area (Å²) in [5.41, 5.74) is 2.43. The van der Waals surface area contributed by atoms with Gasteiger partial charge in [-0.05, 0) is 26.2 Å². The van der Waals surface area contributed by atoms with E-state index < -0.39 is 6.10 Å². The van der Waals surface area contributed by atoms with E-state index in [2.05, 4.69) is 22.6 Å². The van der Waals surface area contributed by atoms with Gasteiger partial charge in [0.1, 0.15) is 0 Å². The number of fused-ring (bicyclic) bond motifs is 1. The fraction of sp³-hybridized carbons (Fsp3) is 0.600. The van der Waals surface area contributed by atoms with Crippen LogP contribution in [-0.4, -0.2) is 42.2 Å². The van der Waals surface area contributed by atoms with Crippen LogP contribution in [-0.2, 0) is 0 Å². The third-order valence-corrected chi connectivity index (χ3v) is 6.55. The number of unbranched alkanes of at least 4 members (excludes halogenated alkanes) is 3. The van der Waals surface area contributed by atoms with Crippen molar-refractivity contribution in [1.29, 1.82) is 0 Å². The molecule has 32 heavy (non-hydrogen) atoms. The molecular formula is C25H36N6O. The standard InChI is InChI=1S/C25H36N6O/c1-3-4-5-12-17-21(18(2)32)26-24-22-25(28-23(27-24)19-13-8-6-9-14-19)31(30-29-22)20-15-10-7-11-16-20/h6,8-9,13-14,18,20-21,32H,3-5,7,10-12,15-17H2,1-2H3,(H,26,27,28)/t18-,21+/m1/s1. The van der Waals surface area contributed by atoms with Crippen LogP contribution in [0.15, 0.2) is 30.3 Å². The van der Waals surface area contributed by atoms with Crippen molar-refractivity contribution in [2.24, 2.45) is 0 Å². The Kier molecular flexibility index (Phi) is 7.68. The van der Waals surface area contributed by atoms with Gasteiger partial charge in [0.05, 0.1) is 18.2 Å². The van der Waals surface area contributed by atoms with Crippen LogP contribution in [0.4, 0.5) is 5.82 Å². The summed E-state index contributed by atoms with van der Waals surface area (Å²) in [6, 6.07) is 10.3. The van der Waals surface area contributed by atoms with Gasteiger partial charge in [0.2, 0.25) is 0 Å². The van der Waals surface area contributed by atoms with Crippen LogP contribution in [0.25, 0.3) is 22.6 Å². The van der Waals surface area contributed by atoms with E-state index in [1.54, 1.807) is 0 Å². The van der Waals surface area contributed by atoms with Gasteiger partial charge in [0.25, 0.3) is 0 Å². The lowest BCUT2D eigenvalue weighted by Gasteiger charge is -2.23. The van der Waals surface area contributed by atoms with Crippen molar-refractivity contribution < 1.29 is 5.11 Å². The molecule has 7 heteroatoms. The maximum absolute atomic E-state index is 10.5. The molecule has 1 aromatic carbocycles. The number of hydrogen-bond donors (Lipinski definition) is 2. The molecule has 0 unspecified atom stereocenters. The summed E-state index contributed by atoms with van der Waals surface area (Å²) < 4.78 is 2.01. The zero-order chi connectivity index (χ0) is 22.3. The van der Waals surface area contributed by atoms with E-state index in [1.165, 1.54) is 38.5 Å². The zero-order valence-corrected chi connectivity index (χ0v) is 19.4. The molecule has 2 atom stereocenters. The number of nitrogens with one attached hydrogen (secondary N) is 1. The molecule has 4 rings (SSSR count). The number of aliphatic hydroxyl groups excluding tert-OH is 1. The van der Waals surface area contributed by atoms with Gasteiger partial charge in [-0.25, -0.2) is 14.6 Å². The Morgan fingerprint density at radius 1 is 1.06 bits per heavy atom. The lowest BCUT2D eigenvalue weighted by molar-refractivity contribution is 0.165. The smallest absolute Gasteiger partial charge is 0.184 e. The van der Waals surface area contributed by atoms with Crippen LogP contribution < -0.4 is 5.32 Å². The van der Waals surface area contributed by atoms with Gasteiger partial charge in [0.15, 0.2) is 22.8 Å². The molecule has 172 valence electrons. The largest absolute Gasteiger partial charge is 0.391 e.